The number of rotatable bonds is 9. The quantitative estimate of drug-likeness (QED) is 0.448. The zero-order valence-corrected chi connectivity index (χ0v) is 17.4. The maximum absolute atomic E-state index is 12.3. The summed E-state index contributed by atoms with van der Waals surface area (Å²) in [6, 6.07) is 2.85. The average molecular weight is 491 g/mol. The molecule has 184 valence electrons. The molecule has 0 aromatic carbocycles. The second kappa shape index (κ2) is 10.1. The predicted molar refractivity (Wildman–Crippen MR) is 104 cm³/mol. The number of nitrogens with one attached hydrogen (secondary N) is 2. The Balaban J connectivity index is 1.51. The molecule has 0 atom stereocenters. The van der Waals surface area contributed by atoms with Crippen LogP contribution in [0.15, 0.2) is 30.7 Å². The van der Waals surface area contributed by atoms with Gasteiger partial charge in [-0.2, -0.15) is 31.4 Å². The van der Waals surface area contributed by atoms with Crippen molar-refractivity contribution >= 4 is 17.6 Å². The van der Waals surface area contributed by atoms with Gasteiger partial charge in [0, 0.05) is 31.6 Å². The maximum atomic E-state index is 12.3. The van der Waals surface area contributed by atoms with Crippen molar-refractivity contribution in [1.82, 2.24) is 34.8 Å². The van der Waals surface area contributed by atoms with E-state index in [9.17, 15) is 35.9 Å². The molecule has 34 heavy (non-hydrogen) atoms. The first-order chi connectivity index (χ1) is 15.9. The van der Waals surface area contributed by atoms with Gasteiger partial charge in [-0.15, -0.1) is 0 Å². The highest BCUT2D eigenvalue weighted by Gasteiger charge is 2.28. The molecule has 0 saturated heterocycles. The summed E-state index contributed by atoms with van der Waals surface area (Å²) in [5.41, 5.74) is 0.745. The molecule has 15 heteroatoms. The van der Waals surface area contributed by atoms with Gasteiger partial charge in [-0.25, -0.2) is 9.97 Å². The molecular weight excluding hydrogens is 472 g/mol. The largest absolute Gasteiger partial charge is 0.390 e. The van der Waals surface area contributed by atoms with Crippen LogP contribution in [-0.4, -0.2) is 48.3 Å². The molecule has 3 rings (SSSR count). The minimum Gasteiger partial charge on any atom is -0.350 e. The molecule has 0 saturated carbocycles. The fourth-order valence-corrected chi connectivity index (χ4v) is 2.78. The molecule has 9 nitrogen and oxygen atoms in total. The third-order valence-electron chi connectivity index (χ3n) is 4.46. The molecule has 0 aliphatic rings. The highest BCUT2D eigenvalue weighted by Crippen LogP contribution is 2.21. The van der Waals surface area contributed by atoms with Gasteiger partial charge in [0.1, 0.15) is 5.69 Å². The van der Waals surface area contributed by atoms with E-state index in [0.717, 1.165) is 4.68 Å². The monoisotopic (exact) mass is 491 g/mol. The fraction of sp³-hybridized carbons (Fsp3) is 0.421. The molecular formula is C19H19F6N7O2. The van der Waals surface area contributed by atoms with E-state index in [1.54, 1.807) is 22.9 Å². The van der Waals surface area contributed by atoms with Crippen LogP contribution in [0.4, 0.5) is 26.3 Å². The number of imidazole rings is 1. The summed E-state index contributed by atoms with van der Waals surface area (Å²) in [5, 5.41) is 8.72. The van der Waals surface area contributed by atoms with Crippen molar-refractivity contribution < 1.29 is 35.9 Å². The van der Waals surface area contributed by atoms with Crippen LogP contribution in [0.5, 0.6) is 0 Å². The number of aromatic nitrogens is 5. The number of fused-ring (bicyclic) bond motifs is 1. The molecule has 0 fully saturated rings. The predicted octanol–water partition coefficient (Wildman–Crippen LogP) is 2.77. The molecule has 0 spiro atoms. The van der Waals surface area contributed by atoms with Gasteiger partial charge in [0.15, 0.2) is 0 Å². The highest BCUT2D eigenvalue weighted by molar-refractivity contribution is 5.92. The number of amides is 2. The Kier molecular flexibility index (Phi) is 7.41. The Hall–Kier alpha value is -3.65. The van der Waals surface area contributed by atoms with E-state index >= 15 is 0 Å². The maximum Gasteiger partial charge on any atom is 0.390 e. The van der Waals surface area contributed by atoms with Crippen molar-refractivity contribution in [2.75, 3.05) is 0 Å². The van der Waals surface area contributed by atoms with Crippen LogP contribution in [0, 0.1) is 0 Å². The number of hydrogen-bond acceptors (Lipinski definition) is 5. The molecule has 0 bridgehead atoms. The van der Waals surface area contributed by atoms with E-state index in [1.165, 1.54) is 12.3 Å². The summed E-state index contributed by atoms with van der Waals surface area (Å²) >= 11 is 0. The summed E-state index contributed by atoms with van der Waals surface area (Å²) in [5.74, 6) is -1.12. The lowest BCUT2D eigenvalue weighted by Crippen LogP contribution is -2.25. The topological polar surface area (TPSA) is 106 Å². The Bertz CT molecular complexity index is 1150. The average Bonchev–Trinajstić information content (AvgIpc) is 3.38. The number of alkyl halides is 6. The molecule has 3 aromatic heterocycles. The first kappa shape index (κ1) is 25.0. The van der Waals surface area contributed by atoms with Gasteiger partial charge in [-0.1, -0.05) is 0 Å². The molecule has 2 amide bonds. The number of hydrogen-bond donors (Lipinski definition) is 2. The highest BCUT2D eigenvalue weighted by atomic mass is 19.4. The van der Waals surface area contributed by atoms with E-state index in [1.807, 2.05) is 0 Å². The lowest BCUT2D eigenvalue weighted by Gasteiger charge is -2.07. The van der Waals surface area contributed by atoms with Crippen LogP contribution in [0.25, 0.3) is 5.78 Å². The molecule has 3 heterocycles. The molecule has 2 N–H and O–H groups in total. The van der Waals surface area contributed by atoms with E-state index in [4.69, 9.17) is 0 Å². The Morgan fingerprint density at radius 3 is 2.26 bits per heavy atom. The smallest absolute Gasteiger partial charge is 0.350 e. The zero-order chi connectivity index (χ0) is 24.9. The van der Waals surface area contributed by atoms with Gasteiger partial charge >= 0.3 is 12.4 Å². The molecule has 0 aliphatic heterocycles. The number of aryl methyl sites for hydroxylation is 1. The van der Waals surface area contributed by atoms with Crippen LogP contribution in [0.1, 0.15) is 41.1 Å². The van der Waals surface area contributed by atoms with Gasteiger partial charge in [0.05, 0.1) is 37.3 Å². The van der Waals surface area contributed by atoms with Gasteiger partial charge in [0.25, 0.3) is 5.91 Å². The SMILES string of the molecule is O=C(CCC(F)(F)F)NCc1ccn2cc(CNC(=O)c3ccn(CCC(F)(F)F)n3)nc2n1. The van der Waals surface area contributed by atoms with Crippen LogP contribution < -0.4 is 10.6 Å². The molecule has 0 aliphatic carbocycles. The van der Waals surface area contributed by atoms with E-state index < -0.39 is 50.0 Å². The van der Waals surface area contributed by atoms with Crippen molar-refractivity contribution in [1.29, 1.82) is 0 Å². The Morgan fingerprint density at radius 2 is 1.56 bits per heavy atom. The van der Waals surface area contributed by atoms with Crippen molar-refractivity contribution in [3.05, 3.63) is 47.8 Å². The van der Waals surface area contributed by atoms with Gasteiger partial charge in [-0.3, -0.25) is 18.7 Å². The summed E-state index contributed by atoms with van der Waals surface area (Å²) in [7, 11) is 0. The number of halogens is 6. The Labute approximate surface area is 188 Å². The minimum atomic E-state index is -4.41. The second-order valence-electron chi connectivity index (χ2n) is 7.26. The first-order valence-corrected chi connectivity index (χ1v) is 9.93. The van der Waals surface area contributed by atoms with E-state index in [0.29, 0.717) is 11.4 Å². The number of carbonyl (C=O) groups excluding carboxylic acids is 2. The third kappa shape index (κ3) is 7.74. The normalized spacial score (nSPS) is 12.2. The third-order valence-corrected chi connectivity index (χ3v) is 4.46. The summed E-state index contributed by atoms with van der Waals surface area (Å²) in [6.07, 6.45) is -7.26. The second-order valence-corrected chi connectivity index (χ2v) is 7.26. The van der Waals surface area contributed by atoms with Crippen molar-refractivity contribution in [3.8, 4) is 0 Å². The summed E-state index contributed by atoms with van der Waals surface area (Å²) in [4.78, 5) is 32.1. The zero-order valence-electron chi connectivity index (χ0n) is 17.4. The lowest BCUT2D eigenvalue weighted by atomic mass is 10.3. The molecule has 3 aromatic rings. The molecule has 0 unspecified atom stereocenters. The number of nitrogens with zero attached hydrogens (tertiary/aromatic N) is 5. The van der Waals surface area contributed by atoms with Gasteiger partial charge in [0.2, 0.25) is 11.7 Å². The van der Waals surface area contributed by atoms with Crippen LogP contribution >= 0.6 is 0 Å². The fourth-order valence-electron chi connectivity index (χ4n) is 2.78. The van der Waals surface area contributed by atoms with E-state index in [-0.39, 0.29) is 24.6 Å². The van der Waals surface area contributed by atoms with Crippen LogP contribution in [0.3, 0.4) is 0 Å². The van der Waals surface area contributed by atoms with Gasteiger partial charge < -0.3 is 10.6 Å². The van der Waals surface area contributed by atoms with Crippen LogP contribution in [0.2, 0.25) is 0 Å². The van der Waals surface area contributed by atoms with Crippen LogP contribution in [-0.2, 0) is 24.4 Å². The van der Waals surface area contributed by atoms with Crippen molar-refractivity contribution in [2.45, 2.75) is 51.2 Å². The van der Waals surface area contributed by atoms with Crippen molar-refractivity contribution in [3.63, 3.8) is 0 Å². The summed E-state index contributed by atoms with van der Waals surface area (Å²) < 4.78 is 75.9. The first-order valence-electron chi connectivity index (χ1n) is 9.93. The van der Waals surface area contributed by atoms with E-state index in [2.05, 4.69) is 25.7 Å². The lowest BCUT2D eigenvalue weighted by molar-refractivity contribution is -0.144. The number of carbonyl (C=O) groups is 2. The minimum absolute atomic E-state index is 0.0128. The summed E-state index contributed by atoms with van der Waals surface area (Å²) in [6.45, 7) is -0.496. The van der Waals surface area contributed by atoms with Gasteiger partial charge in [-0.05, 0) is 12.1 Å². The van der Waals surface area contributed by atoms with Crippen molar-refractivity contribution in [2.24, 2.45) is 0 Å². The molecule has 0 radical (unpaired) electrons. The standard InChI is InChI=1S/C19H19F6N7O2/c20-18(21,22)4-1-15(33)26-9-12-2-6-31-11-13(29-17(31)28-12)10-27-16(34)14-3-7-32(30-14)8-5-19(23,24)25/h2-3,6-7,11H,1,4-5,8-10H2,(H,26,33)(H,27,34). The Morgan fingerprint density at radius 1 is 0.882 bits per heavy atom.